The third kappa shape index (κ3) is 8.87. The van der Waals surface area contributed by atoms with E-state index in [1.807, 2.05) is 36.4 Å². The normalized spacial score (nSPS) is 8.58. The van der Waals surface area contributed by atoms with E-state index in [2.05, 4.69) is 73.5 Å². The van der Waals surface area contributed by atoms with Crippen LogP contribution < -0.4 is 22.1 Å². The Bertz CT molecular complexity index is 618. The van der Waals surface area contributed by atoms with Crippen LogP contribution in [0, 0.1) is 13.8 Å². The first kappa shape index (κ1) is 21.6. The lowest BCUT2D eigenvalue weighted by atomic mass is 10.2. The third-order valence-electron chi connectivity index (χ3n) is 2.79. The molecule has 0 aliphatic carbocycles. The maximum Gasteiger partial charge on any atom is 0.175 e. The highest BCUT2D eigenvalue weighted by molar-refractivity contribution is 7.80. The van der Waals surface area contributed by atoms with Gasteiger partial charge in [-0.15, -0.1) is 13.2 Å². The number of anilines is 2. The van der Waals surface area contributed by atoms with Crippen molar-refractivity contribution >= 4 is 46.0 Å². The van der Waals surface area contributed by atoms with E-state index >= 15 is 0 Å². The zero-order valence-corrected chi connectivity index (χ0v) is 15.6. The first-order chi connectivity index (χ1) is 11.4. The molecule has 0 unspecified atom stereocenters. The lowest BCUT2D eigenvalue weighted by molar-refractivity contribution is 1.44. The fourth-order valence-electron chi connectivity index (χ4n) is 1.70. The Labute approximate surface area is 154 Å². The van der Waals surface area contributed by atoms with Gasteiger partial charge in [0.25, 0.3) is 0 Å². The number of thiocarbonyl (C=S) groups is 2. The highest BCUT2D eigenvalue weighted by Crippen LogP contribution is 2.16. The number of aryl methyl sites for hydroxylation is 2. The van der Waals surface area contributed by atoms with Gasteiger partial charge in [0.05, 0.1) is 0 Å². The largest absolute Gasteiger partial charge is 0.377 e. The highest BCUT2D eigenvalue weighted by atomic mass is 32.1. The van der Waals surface area contributed by atoms with Gasteiger partial charge in [0, 0.05) is 11.4 Å². The average molecular weight is 361 g/mol. The van der Waals surface area contributed by atoms with E-state index in [1.165, 1.54) is 11.1 Å². The van der Waals surface area contributed by atoms with Crippen molar-refractivity contribution in [2.24, 2.45) is 11.5 Å². The molecule has 6 heteroatoms. The van der Waals surface area contributed by atoms with Gasteiger partial charge in [-0.25, -0.2) is 0 Å². The number of hydrogen-bond donors (Lipinski definition) is 4. The predicted octanol–water partition coefficient (Wildman–Crippen LogP) is 4.10. The predicted molar refractivity (Wildman–Crippen MR) is 114 cm³/mol. The SMILES string of the molecule is C=C.Cc1ccccc1NC(=S)Nc1ccccc1C.NC(N)=S. The summed E-state index contributed by atoms with van der Waals surface area (Å²) < 4.78 is 0. The van der Waals surface area contributed by atoms with Crippen molar-refractivity contribution in [1.82, 2.24) is 0 Å². The summed E-state index contributed by atoms with van der Waals surface area (Å²) in [4.78, 5) is 0. The van der Waals surface area contributed by atoms with E-state index in [0.29, 0.717) is 5.11 Å². The molecule has 0 radical (unpaired) electrons. The third-order valence-corrected chi connectivity index (χ3v) is 2.99. The maximum absolute atomic E-state index is 5.32. The van der Waals surface area contributed by atoms with Crippen LogP contribution in [0.1, 0.15) is 11.1 Å². The van der Waals surface area contributed by atoms with Crippen LogP contribution in [-0.2, 0) is 0 Å². The fraction of sp³-hybridized carbons (Fsp3) is 0.111. The van der Waals surface area contributed by atoms with Crippen molar-refractivity contribution in [3.63, 3.8) is 0 Å². The summed E-state index contributed by atoms with van der Waals surface area (Å²) in [6.07, 6.45) is 0. The van der Waals surface area contributed by atoms with Crippen molar-refractivity contribution in [1.29, 1.82) is 0 Å². The minimum absolute atomic E-state index is 0.000000000000000222. The first-order valence-corrected chi connectivity index (χ1v) is 7.96. The van der Waals surface area contributed by atoms with Gasteiger partial charge in [-0.3, -0.25) is 0 Å². The number of para-hydroxylation sites is 2. The Morgan fingerprint density at radius 1 is 0.792 bits per heavy atom. The average Bonchev–Trinajstić information content (AvgIpc) is 2.53. The second-order valence-corrected chi connectivity index (χ2v) is 5.49. The lowest BCUT2D eigenvalue weighted by Gasteiger charge is -2.13. The zero-order valence-electron chi connectivity index (χ0n) is 14.0. The molecule has 0 saturated carbocycles. The van der Waals surface area contributed by atoms with Crippen LogP contribution in [0.2, 0.25) is 0 Å². The van der Waals surface area contributed by atoms with Crippen molar-refractivity contribution in [2.45, 2.75) is 13.8 Å². The van der Waals surface area contributed by atoms with Crippen LogP contribution in [-0.4, -0.2) is 10.2 Å². The molecular weight excluding hydrogens is 336 g/mol. The summed E-state index contributed by atoms with van der Waals surface area (Å²) in [6, 6.07) is 16.1. The van der Waals surface area contributed by atoms with Crippen LogP contribution in [0.5, 0.6) is 0 Å². The highest BCUT2D eigenvalue weighted by Gasteiger charge is 2.02. The molecule has 0 heterocycles. The molecule has 0 bridgehead atoms. The van der Waals surface area contributed by atoms with Crippen LogP contribution in [0.15, 0.2) is 61.7 Å². The molecule has 128 valence electrons. The summed E-state index contributed by atoms with van der Waals surface area (Å²) in [5.74, 6) is 0. The number of hydrogen-bond acceptors (Lipinski definition) is 2. The molecule has 6 N–H and O–H groups in total. The second kappa shape index (κ2) is 12.0. The van der Waals surface area contributed by atoms with E-state index in [9.17, 15) is 0 Å². The van der Waals surface area contributed by atoms with Crippen LogP contribution in [0.3, 0.4) is 0 Å². The molecule has 0 fully saturated rings. The molecule has 2 aromatic rings. The van der Waals surface area contributed by atoms with E-state index in [4.69, 9.17) is 12.2 Å². The number of rotatable bonds is 2. The lowest BCUT2D eigenvalue weighted by Crippen LogP contribution is -2.20. The summed E-state index contributed by atoms with van der Waals surface area (Å²) in [5, 5.41) is 7.02. The zero-order chi connectivity index (χ0) is 18.5. The minimum atomic E-state index is 0.000000000000000222. The molecule has 2 aromatic carbocycles. The summed E-state index contributed by atoms with van der Waals surface area (Å²) in [5.41, 5.74) is 13.6. The van der Waals surface area contributed by atoms with Crippen LogP contribution in [0.4, 0.5) is 11.4 Å². The minimum Gasteiger partial charge on any atom is -0.377 e. The van der Waals surface area contributed by atoms with Gasteiger partial charge in [0.15, 0.2) is 10.2 Å². The molecular formula is C18H24N4S2. The molecule has 0 aliphatic heterocycles. The summed E-state index contributed by atoms with van der Waals surface area (Å²) in [7, 11) is 0. The second-order valence-electron chi connectivity index (χ2n) is 4.61. The Morgan fingerprint density at radius 3 is 1.38 bits per heavy atom. The Balaban J connectivity index is 0.000000773. The van der Waals surface area contributed by atoms with Crippen molar-refractivity contribution in [3.05, 3.63) is 72.8 Å². The summed E-state index contributed by atoms with van der Waals surface area (Å²) >= 11 is 9.41. The standard InChI is InChI=1S/C15H16N2S.C2H4.CH4N2S/c1-11-7-3-5-9-13(11)16-15(18)17-14-10-6-4-8-12(14)2;1-2;2-1(3)4/h3-10H,1-2H3,(H2,16,17,18);1-2H2;(H4,2,3,4). The number of benzene rings is 2. The van der Waals surface area contributed by atoms with Gasteiger partial charge in [-0.1, -0.05) is 36.4 Å². The number of nitrogens with one attached hydrogen (secondary N) is 2. The van der Waals surface area contributed by atoms with Gasteiger partial charge < -0.3 is 22.1 Å². The fourth-order valence-corrected chi connectivity index (χ4v) is 1.92. The first-order valence-electron chi connectivity index (χ1n) is 7.14. The van der Waals surface area contributed by atoms with Gasteiger partial charge in [0.2, 0.25) is 0 Å². The van der Waals surface area contributed by atoms with Gasteiger partial charge in [-0.2, -0.15) is 0 Å². The summed E-state index contributed by atoms with van der Waals surface area (Å²) in [6.45, 7) is 10.1. The molecule has 0 amide bonds. The van der Waals surface area contributed by atoms with E-state index in [-0.39, 0.29) is 5.11 Å². The Morgan fingerprint density at radius 2 is 1.08 bits per heavy atom. The molecule has 0 aliphatic rings. The van der Waals surface area contributed by atoms with Crippen molar-refractivity contribution in [2.75, 3.05) is 10.6 Å². The molecule has 0 spiro atoms. The van der Waals surface area contributed by atoms with Crippen molar-refractivity contribution in [3.8, 4) is 0 Å². The van der Waals surface area contributed by atoms with Crippen LogP contribution in [0.25, 0.3) is 0 Å². The quantitative estimate of drug-likeness (QED) is 0.477. The monoisotopic (exact) mass is 360 g/mol. The Hall–Kier alpha value is -2.44. The van der Waals surface area contributed by atoms with E-state index < -0.39 is 0 Å². The van der Waals surface area contributed by atoms with Gasteiger partial charge in [0.1, 0.15) is 0 Å². The Kier molecular flexibility index (Phi) is 10.8. The van der Waals surface area contributed by atoms with E-state index in [1.54, 1.807) is 0 Å². The molecule has 4 nitrogen and oxygen atoms in total. The maximum atomic E-state index is 5.32. The van der Waals surface area contributed by atoms with E-state index in [0.717, 1.165) is 11.4 Å². The van der Waals surface area contributed by atoms with Crippen LogP contribution >= 0.6 is 24.4 Å². The molecule has 0 aromatic heterocycles. The van der Waals surface area contributed by atoms with Crippen molar-refractivity contribution < 1.29 is 0 Å². The number of nitrogens with two attached hydrogens (primary N) is 2. The smallest absolute Gasteiger partial charge is 0.175 e. The molecule has 0 saturated heterocycles. The molecule has 0 atom stereocenters. The topological polar surface area (TPSA) is 76.1 Å². The molecule has 2 rings (SSSR count). The van der Waals surface area contributed by atoms with Gasteiger partial charge in [-0.05, 0) is 61.5 Å². The van der Waals surface area contributed by atoms with Gasteiger partial charge >= 0.3 is 0 Å². The molecule has 24 heavy (non-hydrogen) atoms.